The summed E-state index contributed by atoms with van der Waals surface area (Å²) in [5.41, 5.74) is 6.69. The largest absolute Gasteiger partial charge is 0.497 e. The van der Waals surface area contributed by atoms with Crippen LogP contribution < -0.4 is 25.1 Å². The summed E-state index contributed by atoms with van der Waals surface area (Å²) in [7, 11) is 4.68. The van der Waals surface area contributed by atoms with Crippen LogP contribution in [0.3, 0.4) is 0 Å². The van der Waals surface area contributed by atoms with Gasteiger partial charge in [0, 0.05) is 11.6 Å². The molecule has 130 valence electrons. The Morgan fingerprint density at radius 2 is 1.64 bits per heavy atom. The van der Waals surface area contributed by atoms with Crippen LogP contribution in [0.15, 0.2) is 36.4 Å². The molecule has 1 heterocycles. The molecule has 0 atom stereocenters. The Labute approximate surface area is 148 Å². The van der Waals surface area contributed by atoms with Crippen LogP contribution in [0.2, 0.25) is 0 Å². The summed E-state index contributed by atoms with van der Waals surface area (Å²) in [5, 5.41) is 0.575. The van der Waals surface area contributed by atoms with Crippen LogP contribution in [0.5, 0.6) is 17.2 Å². The fourth-order valence-electron chi connectivity index (χ4n) is 2.21. The topological polar surface area (TPSA) is 81.7 Å². The third-order valence-electron chi connectivity index (χ3n) is 3.49. The standard InChI is InChI=1S/C17H17N3O4S/c1-22-11-4-5-14-15(9-11)25-17(18-14)20-19-16(21)10-6-12(23-2)8-13(7-10)24-3/h4-9H,1-3H3,(H,18,20)(H,19,21). The Morgan fingerprint density at radius 3 is 2.28 bits per heavy atom. The first-order chi connectivity index (χ1) is 12.1. The number of methoxy groups -OCH3 is 3. The minimum Gasteiger partial charge on any atom is -0.497 e. The van der Waals surface area contributed by atoms with Gasteiger partial charge in [-0.15, -0.1) is 0 Å². The number of carbonyl (C=O) groups is 1. The number of ether oxygens (including phenoxy) is 3. The van der Waals surface area contributed by atoms with Crippen LogP contribution in [0.1, 0.15) is 10.4 Å². The molecule has 7 nitrogen and oxygen atoms in total. The van der Waals surface area contributed by atoms with Crippen molar-refractivity contribution in [3.63, 3.8) is 0 Å². The van der Waals surface area contributed by atoms with Gasteiger partial charge in [0.15, 0.2) is 0 Å². The van der Waals surface area contributed by atoms with Gasteiger partial charge in [0.1, 0.15) is 17.2 Å². The van der Waals surface area contributed by atoms with Crippen molar-refractivity contribution in [2.45, 2.75) is 0 Å². The fraction of sp³-hybridized carbons (Fsp3) is 0.176. The minimum atomic E-state index is -0.325. The third kappa shape index (κ3) is 3.74. The quantitative estimate of drug-likeness (QED) is 0.658. The van der Waals surface area contributed by atoms with E-state index in [4.69, 9.17) is 14.2 Å². The molecule has 2 aromatic carbocycles. The zero-order valence-corrected chi connectivity index (χ0v) is 14.8. The van der Waals surface area contributed by atoms with Gasteiger partial charge in [-0.1, -0.05) is 11.3 Å². The van der Waals surface area contributed by atoms with Gasteiger partial charge in [-0.3, -0.25) is 15.6 Å². The Morgan fingerprint density at radius 1 is 0.960 bits per heavy atom. The van der Waals surface area contributed by atoms with Crippen LogP contribution in [0.25, 0.3) is 10.2 Å². The van der Waals surface area contributed by atoms with Crippen molar-refractivity contribution in [3.8, 4) is 17.2 Å². The van der Waals surface area contributed by atoms with Crippen molar-refractivity contribution in [2.24, 2.45) is 0 Å². The summed E-state index contributed by atoms with van der Waals surface area (Å²) < 4.78 is 16.5. The van der Waals surface area contributed by atoms with E-state index in [1.807, 2.05) is 18.2 Å². The van der Waals surface area contributed by atoms with Crippen molar-refractivity contribution in [3.05, 3.63) is 42.0 Å². The summed E-state index contributed by atoms with van der Waals surface area (Å²) in [4.78, 5) is 16.8. The third-order valence-corrected chi connectivity index (χ3v) is 4.43. The van der Waals surface area contributed by atoms with Crippen molar-refractivity contribution < 1.29 is 19.0 Å². The van der Waals surface area contributed by atoms with E-state index in [-0.39, 0.29) is 5.91 Å². The van der Waals surface area contributed by atoms with Gasteiger partial charge in [-0.25, -0.2) is 4.98 Å². The Hall–Kier alpha value is -3.00. The molecule has 1 amide bonds. The first-order valence-corrected chi connectivity index (χ1v) is 8.18. The minimum absolute atomic E-state index is 0.325. The summed E-state index contributed by atoms with van der Waals surface area (Å²) in [6, 6.07) is 10.6. The van der Waals surface area contributed by atoms with Crippen molar-refractivity contribution in [1.29, 1.82) is 0 Å². The van der Waals surface area contributed by atoms with E-state index >= 15 is 0 Å². The molecule has 0 aliphatic carbocycles. The van der Waals surface area contributed by atoms with Gasteiger partial charge in [0.05, 0.1) is 31.5 Å². The van der Waals surface area contributed by atoms with Crippen molar-refractivity contribution >= 4 is 32.6 Å². The molecule has 0 radical (unpaired) electrons. The molecule has 25 heavy (non-hydrogen) atoms. The Balaban J connectivity index is 1.74. The summed E-state index contributed by atoms with van der Waals surface area (Å²) in [5.74, 6) is 1.51. The number of aromatic nitrogens is 1. The molecule has 0 unspecified atom stereocenters. The predicted octanol–water partition coefficient (Wildman–Crippen LogP) is 3.08. The number of fused-ring (bicyclic) bond motifs is 1. The number of nitrogens with one attached hydrogen (secondary N) is 2. The van der Waals surface area contributed by atoms with E-state index in [0.29, 0.717) is 22.2 Å². The van der Waals surface area contributed by atoms with Crippen LogP contribution in [-0.2, 0) is 0 Å². The van der Waals surface area contributed by atoms with E-state index in [1.165, 1.54) is 25.6 Å². The first kappa shape index (κ1) is 16.8. The Kier molecular flexibility index (Phi) is 4.90. The summed E-state index contributed by atoms with van der Waals surface area (Å²) >= 11 is 1.41. The second-order valence-corrected chi connectivity index (χ2v) is 6.06. The van der Waals surface area contributed by atoms with Gasteiger partial charge in [0.2, 0.25) is 5.13 Å². The van der Waals surface area contributed by atoms with Gasteiger partial charge < -0.3 is 14.2 Å². The number of anilines is 1. The van der Waals surface area contributed by atoms with Gasteiger partial charge in [-0.05, 0) is 30.3 Å². The lowest BCUT2D eigenvalue weighted by Gasteiger charge is -2.09. The Bertz CT molecular complexity index is 888. The molecule has 0 bridgehead atoms. The van der Waals surface area contributed by atoms with Crippen LogP contribution in [-0.4, -0.2) is 32.2 Å². The SMILES string of the molecule is COc1cc(OC)cc(C(=O)NNc2nc3ccc(OC)cc3s2)c1. The monoisotopic (exact) mass is 359 g/mol. The molecular weight excluding hydrogens is 342 g/mol. The molecule has 3 aromatic rings. The fourth-order valence-corrected chi connectivity index (χ4v) is 3.05. The molecule has 8 heteroatoms. The molecule has 0 aliphatic heterocycles. The zero-order valence-electron chi connectivity index (χ0n) is 14.0. The second kappa shape index (κ2) is 7.27. The lowest BCUT2D eigenvalue weighted by molar-refractivity contribution is 0.0962. The number of thiazole rings is 1. The van der Waals surface area contributed by atoms with E-state index in [9.17, 15) is 4.79 Å². The highest BCUT2D eigenvalue weighted by molar-refractivity contribution is 7.22. The van der Waals surface area contributed by atoms with E-state index in [1.54, 1.807) is 25.3 Å². The van der Waals surface area contributed by atoms with Crippen LogP contribution in [0.4, 0.5) is 5.13 Å². The maximum absolute atomic E-state index is 12.3. The number of hydrazine groups is 1. The van der Waals surface area contributed by atoms with E-state index in [2.05, 4.69) is 15.8 Å². The molecule has 1 aromatic heterocycles. The number of rotatable bonds is 6. The van der Waals surface area contributed by atoms with Gasteiger partial charge in [0.25, 0.3) is 5.91 Å². The number of hydrogen-bond donors (Lipinski definition) is 2. The highest BCUT2D eigenvalue weighted by Gasteiger charge is 2.11. The lowest BCUT2D eigenvalue weighted by atomic mass is 10.2. The highest BCUT2D eigenvalue weighted by Crippen LogP contribution is 2.29. The summed E-state index contributed by atoms with van der Waals surface area (Å²) in [6.07, 6.45) is 0. The molecule has 0 fully saturated rings. The average molecular weight is 359 g/mol. The number of hydrogen-bond acceptors (Lipinski definition) is 7. The molecule has 0 saturated carbocycles. The van der Waals surface area contributed by atoms with E-state index < -0.39 is 0 Å². The van der Waals surface area contributed by atoms with Gasteiger partial charge in [-0.2, -0.15) is 0 Å². The highest BCUT2D eigenvalue weighted by atomic mass is 32.1. The van der Waals surface area contributed by atoms with Gasteiger partial charge >= 0.3 is 0 Å². The predicted molar refractivity (Wildman–Crippen MR) is 96.8 cm³/mol. The average Bonchev–Trinajstić information content (AvgIpc) is 3.07. The van der Waals surface area contributed by atoms with Crippen LogP contribution in [0, 0.1) is 0 Å². The molecular formula is C17H17N3O4S. The second-order valence-electron chi connectivity index (χ2n) is 5.03. The maximum atomic E-state index is 12.3. The lowest BCUT2D eigenvalue weighted by Crippen LogP contribution is -2.29. The molecule has 0 spiro atoms. The zero-order chi connectivity index (χ0) is 17.8. The molecule has 0 saturated heterocycles. The maximum Gasteiger partial charge on any atom is 0.269 e. The number of benzene rings is 2. The van der Waals surface area contributed by atoms with Crippen LogP contribution >= 0.6 is 11.3 Å². The number of carbonyl (C=O) groups excluding carboxylic acids is 1. The van der Waals surface area contributed by atoms with Crippen molar-refractivity contribution in [2.75, 3.05) is 26.8 Å². The normalized spacial score (nSPS) is 10.4. The summed E-state index contributed by atoms with van der Waals surface area (Å²) in [6.45, 7) is 0. The number of nitrogens with zero attached hydrogens (tertiary/aromatic N) is 1. The molecule has 0 aliphatic rings. The molecule has 3 rings (SSSR count). The van der Waals surface area contributed by atoms with E-state index in [0.717, 1.165) is 16.0 Å². The smallest absolute Gasteiger partial charge is 0.269 e. The first-order valence-electron chi connectivity index (χ1n) is 7.37. The number of amides is 1. The molecule has 2 N–H and O–H groups in total. The van der Waals surface area contributed by atoms with Crippen molar-refractivity contribution in [1.82, 2.24) is 10.4 Å².